The Labute approximate surface area is 475 Å². The van der Waals surface area contributed by atoms with Crippen molar-refractivity contribution in [1.29, 1.82) is 0 Å². The number of rotatable bonds is 34. The van der Waals surface area contributed by atoms with Crippen LogP contribution in [-0.4, -0.2) is 175 Å². The third-order valence-electron chi connectivity index (χ3n) is 11.4. The molecule has 0 spiro atoms. The average molecular weight is 1110 g/mol. The topological polar surface area (TPSA) is 276 Å². The molecule has 0 fully saturated rings. The van der Waals surface area contributed by atoms with E-state index in [1.165, 1.54) is 18.2 Å². The van der Waals surface area contributed by atoms with Crippen LogP contribution in [-0.2, 0) is 74.3 Å². The second kappa shape index (κ2) is 32.9. The van der Waals surface area contributed by atoms with E-state index in [1.54, 1.807) is 7.11 Å². The summed E-state index contributed by atoms with van der Waals surface area (Å²) in [5, 5.41) is 9.59. The average Bonchev–Trinajstić information content (AvgIpc) is 3.52. The van der Waals surface area contributed by atoms with Crippen molar-refractivity contribution < 1.29 is 141 Å². The number of aliphatic hydroxyl groups excluding tert-OH is 1. The maximum atomic E-state index is 12.3. The van der Waals surface area contributed by atoms with Gasteiger partial charge < -0.3 is 61.2 Å². The van der Waals surface area contributed by atoms with Crippen molar-refractivity contribution in [3.63, 3.8) is 0 Å². The summed E-state index contributed by atoms with van der Waals surface area (Å²) in [5.41, 5.74) is 1.73. The number of aliphatic hydroxyl groups is 1. The number of anilines is 1. The first-order chi connectivity index (χ1) is 33.6. The third kappa shape index (κ3) is 23.5. The van der Waals surface area contributed by atoms with Crippen LogP contribution in [0.25, 0.3) is 17.4 Å². The van der Waals surface area contributed by atoms with Gasteiger partial charge in [-0.15, -0.1) is 0 Å². The number of fused-ring (bicyclic) bond motifs is 2. The van der Waals surface area contributed by atoms with Crippen molar-refractivity contribution in [2.45, 2.75) is 62.7 Å². The Morgan fingerprint density at radius 1 is 0.712 bits per heavy atom. The Morgan fingerprint density at radius 2 is 1.27 bits per heavy atom. The minimum Gasteiger partial charge on any atom is -0.748 e. The van der Waals surface area contributed by atoms with Crippen molar-refractivity contribution in [2.75, 3.05) is 136 Å². The molecule has 1 aromatic carbocycles. The quantitative estimate of drug-likeness (QED) is 0.0271. The summed E-state index contributed by atoms with van der Waals surface area (Å²) in [7, 11) is -12.3. The molecule has 1 aliphatic carbocycles. The minimum absolute atomic E-state index is 0. The van der Waals surface area contributed by atoms with Crippen LogP contribution in [0.1, 0.15) is 63.8 Å². The van der Waals surface area contributed by atoms with E-state index in [1.807, 2.05) is 79.7 Å². The van der Waals surface area contributed by atoms with Crippen molar-refractivity contribution in [3.8, 4) is 11.3 Å². The molecule has 4 rings (SSSR count). The zero-order chi connectivity index (χ0) is 52.1. The Morgan fingerprint density at radius 3 is 1.84 bits per heavy atom. The van der Waals surface area contributed by atoms with Crippen LogP contribution >= 0.6 is 0 Å². The van der Waals surface area contributed by atoms with E-state index in [-0.39, 0.29) is 125 Å². The van der Waals surface area contributed by atoms with E-state index in [0.717, 1.165) is 11.1 Å². The summed E-state index contributed by atoms with van der Waals surface area (Å²) in [6.45, 7) is 12.7. The normalized spacial score (nSPS) is 16.3. The molecule has 1 unspecified atom stereocenters. The molecule has 1 atom stereocenters. The molecule has 0 saturated heterocycles. The van der Waals surface area contributed by atoms with Crippen LogP contribution in [0.5, 0.6) is 0 Å². The molecule has 0 radical (unpaired) electrons. The molecule has 2 heterocycles. The molecule has 20 nitrogen and oxygen atoms in total. The predicted octanol–water partition coefficient (Wildman–Crippen LogP) is -2.96. The fourth-order valence-corrected chi connectivity index (χ4v) is 9.24. The summed E-state index contributed by atoms with van der Waals surface area (Å²) in [6.07, 6.45) is 5.87. The van der Waals surface area contributed by atoms with Crippen LogP contribution in [0.3, 0.4) is 0 Å². The second-order valence-electron chi connectivity index (χ2n) is 17.9. The van der Waals surface area contributed by atoms with Gasteiger partial charge >= 0.3 is 59.1 Å². The zero-order valence-electron chi connectivity index (χ0n) is 43.3. The maximum absolute atomic E-state index is 12.3. The fraction of sp³-hybridized carbons (Fsp3) is 0.604. The molecule has 0 saturated carbocycles. The van der Waals surface area contributed by atoms with Gasteiger partial charge in [-0.3, -0.25) is 0 Å². The summed E-state index contributed by atoms with van der Waals surface area (Å²) in [6, 6.07) is 11.6. The number of hydrogen-bond donors (Lipinski definition) is 1. The first-order valence-electron chi connectivity index (χ1n) is 23.4. The molecule has 25 heteroatoms. The van der Waals surface area contributed by atoms with Gasteiger partial charge in [0, 0.05) is 72.0 Å². The Hall–Kier alpha value is -1.66. The second-order valence-corrected chi connectivity index (χ2v) is 22.3. The Kier molecular flexibility index (Phi) is 30.4. The van der Waals surface area contributed by atoms with Gasteiger partial charge in [-0.05, 0) is 67.3 Å². The molecule has 0 aromatic heterocycles. The summed E-state index contributed by atoms with van der Waals surface area (Å²) >= 11 is 0. The molecule has 2 aliphatic heterocycles. The van der Waals surface area contributed by atoms with Crippen LogP contribution in [0.2, 0.25) is 0 Å². The summed E-state index contributed by atoms with van der Waals surface area (Å²) < 4.78 is 154. The van der Waals surface area contributed by atoms with E-state index in [9.17, 15) is 38.9 Å². The molecular formula is C48H70N2Na2O18S3. The summed E-state index contributed by atoms with van der Waals surface area (Å²) in [5.74, 6) is -0.00471. The smallest absolute Gasteiger partial charge is 0.748 e. The standard InChI is InChI=1S/C48H72N2O18S3.2Na/c1-47(2,3)46-35-38(41-13-11-39(36-44(41)68-46)49(16-7-33-69(52,53)54)18-21-63-26-29-67-32-31-65-24-23-61-5)9-6-10-45-48(4,15-20-62-25-28-66-30-27-64-22-19-51)42-37-40(71(58,59)60)12-14-43(42)50(45)17-8-34-70(55,56)57;;/h6,9-14,35-37,51H,7-8,15-34H2,1-5H3,(H2-,52,53,54,55,56,57,58,59,60);;/q;2*+1/p-2. The fourth-order valence-electron chi connectivity index (χ4n) is 7.78. The molecular weight excluding hydrogens is 1030 g/mol. The number of hydrogen-bond acceptors (Lipinski definition) is 19. The molecule has 0 amide bonds. The van der Waals surface area contributed by atoms with Gasteiger partial charge in [-0.2, -0.15) is 0 Å². The van der Waals surface area contributed by atoms with Crippen LogP contribution < -0.4 is 73.9 Å². The van der Waals surface area contributed by atoms with Gasteiger partial charge in [0.1, 0.15) is 34.8 Å². The van der Waals surface area contributed by atoms with Crippen LogP contribution in [0, 0.1) is 0 Å². The van der Waals surface area contributed by atoms with Crippen LogP contribution in [0.15, 0.2) is 69.6 Å². The van der Waals surface area contributed by atoms with Gasteiger partial charge in [0.25, 0.3) is 0 Å². The Bertz CT molecular complexity index is 2590. The number of ether oxygens (including phenoxy) is 7. The van der Waals surface area contributed by atoms with Crippen molar-refractivity contribution >= 4 is 42.1 Å². The molecule has 0 bridgehead atoms. The molecule has 400 valence electrons. The third-order valence-corrected chi connectivity index (χ3v) is 13.8. The first-order valence-corrected chi connectivity index (χ1v) is 28.0. The zero-order valence-corrected chi connectivity index (χ0v) is 49.8. The van der Waals surface area contributed by atoms with Crippen molar-refractivity contribution in [1.82, 2.24) is 4.58 Å². The number of methoxy groups -OCH3 is 1. The van der Waals surface area contributed by atoms with Gasteiger partial charge in [-0.25, -0.2) is 29.8 Å². The number of benzene rings is 2. The van der Waals surface area contributed by atoms with Gasteiger partial charge in [-0.1, -0.05) is 32.9 Å². The van der Waals surface area contributed by atoms with E-state index in [4.69, 9.17) is 42.7 Å². The maximum Gasteiger partial charge on any atom is 1.00 e. The molecule has 1 N–H and O–H groups in total. The Balaban J connectivity index is 0.00000913. The van der Waals surface area contributed by atoms with Crippen molar-refractivity contribution in [2.24, 2.45) is 0 Å². The van der Waals surface area contributed by atoms with Gasteiger partial charge in [0.05, 0.1) is 110 Å². The van der Waals surface area contributed by atoms with Gasteiger partial charge in [0.2, 0.25) is 5.36 Å². The van der Waals surface area contributed by atoms with E-state index in [0.29, 0.717) is 99.6 Å². The number of allylic oxidation sites excluding steroid dienone is 3. The van der Waals surface area contributed by atoms with E-state index >= 15 is 0 Å². The molecule has 3 aliphatic rings. The minimum atomic E-state index is -4.87. The SMILES string of the molecule is COCCOCCOCCOCC[N+](CCCS(=O)(=O)[O-])=c1ccc2c(/C=C/C=C3\N(CCCS(=O)(=O)[O-])c4ccc(S(=O)(=O)[O-])cc4C3(C)CCOCCOCCOCCO)cc(C(C)(C)C)oc-2c1.[Na+].[Na+]. The largest absolute Gasteiger partial charge is 1.00 e. The summed E-state index contributed by atoms with van der Waals surface area (Å²) in [4.78, 5) is 1.40. The van der Waals surface area contributed by atoms with Crippen molar-refractivity contribution in [3.05, 3.63) is 82.6 Å². The molecule has 1 aromatic rings. The number of nitrogens with zero attached hydrogens (tertiary/aromatic N) is 2. The van der Waals surface area contributed by atoms with E-state index < -0.39 is 57.6 Å². The van der Waals surface area contributed by atoms with Gasteiger partial charge in [0.15, 0.2) is 6.54 Å². The van der Waals surface area contributed by atoms with E-state index in [2.05, 4.69) is 0 Å². The monoisotopic (exact) mass is 1100 g/mol. The predicted molar refractivity (Wildman–Crippen MR) is 262 cm³/mol. The first kappa shape index (κ1) is 67.4. The molecule has 73 heavy (non-hydrogen) atoms. The van der Waals surface area contributed by atoms with Crippen LogP contribution in [0.4, 0.5) is 5.69 Å².